The van der Waals surface area contributed by atoms with Crippen LogP contribution in [0.2, 0.25) is 0 Å². The number of rotatable bonds is 8. The molecule has 1 aromatic heterocycles. The molecule has 0 fully saturated rings. The van der Waals surface area contributed by atoms with Gasteiger partial charge in [-0.2, -0.15) is 13.2 Å². The van der Waals surface area contributed by atoms with E-state index in [2.05, 4.69) is 20.6 Å². The van der Waals surface area contributed by atoms with E-state index in [-0.39, 0.29) is 17.4 Å². The first-order valence-electron chi connectivity index (χ1n) is 10.1. The van der Waals surface area contributed by atoms with Crippen LogP contribution in [0.1, 0.15) is 30.9 Å². The fourth-order valence-electron chi connectivity index (χ4n) is 2.95. The second kappa shape index (κ2) is 10.6. The first kappa shape index (κ1) is 23.7. The Morgan fingerprint density at radius 3 is 2.39 bits per heavy atom. The van der Waals surface area contributed by atoms with Crippen molar-refractivity contribution < 1.29 is 27.5 Å². The number of benzene rings is 2. The van der Waals surface area contributed by atoms with E-state index in [1.165, 1.54) is 30.6 Å². The third kappa shape index (κ3) is 7.03. The SMILES string of the molecule is CCCC(=O)Nc1cc(Oc2ccc(NC(=O)Cc3ccccc3C(F)(F)F)cc2)ncn1. The molecule has 0 unspecified atom stereocenters. The molecule has 3 aromatic rings. The summed E-state index contributed by atoms with van der Waals surface area (Å²) in [5.74, 6) is 0.169. The number of nitrogens with one attached hydrogen (secondary N) is 2. The maximum atomic E-state index is 13.1. The zero-order valence-corrected chi connectivity index (χ0v) is 17.6. The second-order valence-electron chi connectivity index (χ2n) is 7.05. The molecule has 2 amide bonds. The molecule has 0 spiro atoms. The Balaban J connectivity index is 1.60. The van der Waals surface area contributed by atoms with E-state index >= 15 is 0 Å². The molecule has 1 heterocycles. The van der Waals surface area contributed by atoms with E-state index in [1.54, 1.807) is 24.3 Å². The first-order valence-corrected chi connectivity index (χ1v) is 10.1. The molecule has 0 atom stereocenters. The van der Waals surface area contributed by atoms with Crippen LogP contribution in [0.3, 0.4) is 0 Å². The number of carbonyl (C=O) groups excluding carboxylic acids is 2. The summed E-state index contributed by atoms with van der Waals surface area (Å²) in [4.78, 5) is 31.9. The van der Waals surface area contributed by atoms with Crippen LogP contribution in [0.5, 0.6) is 11.6 Å². The molecule has 0 saturated carbocycles. The van der Waals surface area contributed by atoms with Gasteiger partial charge in [0.1, 0.15) is 17.9 Å². The molecular weight excluding hydrogens is 437 g/mol. The van der Waals surface area contributed by atoms with E-state index in [1.807, 2.05) is 6.92 Å². The highest BCUT2D eigenvalue weighted by atomic mass is 19.4. The number of hydrogen-bond acceptors (Lipinski definition) is 5. The lowest BCUT2D eigenvalue weighted by atomic mass is 10.0. The van der Waals surface area contributed by atoms with Gasteiger partial charge in [0, 0.05) is 18.2 Å². The highest BCUT2D eigenvalue weighted by molar-refractivity contribution is 5.92. The van der Waals surface area contributed by atoms with Crippen molar-refractivity contribution in [2.24, 2.45) is 0 Å². The zero-order valence-electron chi connectivity index (χ0n) is 17.6. The number of ether oxygens (including phenoxy) is 1. The van der Waals surface area contributed by atoms with Gasteiger partial charge < -0.3 is 15.4 Å². The molecule has 33 heavy (non-hydrogen) atoms. The predicted octanol–water partition coefficient (Wildman–Crippen LogP) is 5.21. The van der Waals surface area contributed by atoms with E-state index in [0.717, 1.165) is 6.07 Å². The van der Waals surface area contributed by atoms with Gasteiger partial charge in [-0.1, -0.05) is 25.1 Å². The van der Waals surface area contributed by atoms with Gasteiger partial charge in [-0.05, 0) is 42.3 Å². The minimum Gasteiger partial charge on any atom is -0.439 e. The van der Waals surface area contributed by atoms with Crippen molar-refractivity contribution >= 4 is 23.3 Å². The average molecular weight is 458 g/mol. The van der Waals surface area contributed by atoms with Crippen LogP contribution >= 0.6 is 0 Å². The summed E-state index contributed by atoms with van der Waals surface area (Å²) >= 11 is 0. The normalized spacial score (nSPS) is 11.0. The Morgan fingerprint density at radius 2 is 1.70 bits per heavy atom. The Hall–Kier alpha value is -3.95. The van der Waals surface area contributed by atoms with Crippen LogP contribution in [0, 0.1) is 0 Å². The smallest absolute Gasteiger partial charge is 0.416 e. The Kier molecular flexibility index (Phi) is 7.60. The summed E-state index contributed by atoms with van der Waals surface area (Å²) < 4.78 is 44.9. The summed E-state index contributed by atoms with van der Waals surface area (Å²) in [6.45, 7) is 1.89. The van der Waals surface area contributed by atoms with Crippen molar-refractivity contribution in [3.63, 3.8) is 0 Å². The number of aromatic nitrogens is 2. The van der Waals surface area contributed by atoms with Crippen molar-refractivity contribution in [2.45, 2.75) is 32.4 Å². The number of alkyl halides is 3. The lowest BCUT2D eigenvalue weighted by Gasteiger charge is -2.13. The van der Waals surface area contributed by atoms with Gasteiger partial charge in [-0.15, -0.1) is 0 Å². The molecule has 7 nitrogen and oxygen atoms in total. The molecule has 0 bridgehead atoms. The lowest BCUT2D eigenvalue weighted by molar-refractivity contribution is -0.138. The molecule has 3 rings (SSSR count). The molecule has 172 valence electrons. The van der Waals surface area contributed by atoms with Crippen LogP contribution < -0.4 is 15.4 Å². The van der Waals surface area contributed by atoms with Crippen LogP contribution in [-0.2, 0) is 22.2 Å². The topological polar surface area (TPSA) is 93.2 Å². The van der Waals surface area contributed by atoms with Gasteiger partial charge in [0.15, 0.2) is 0 Å². The van der Waals surface area contributed by atoms with Crippen LogP contribution in [0.15, 0.2) is 60.9 Å². The van der Waals surface area contributed by atoms with Gasteiger partial charge in [0.2, 0.25) is 17.7 Å². The molecule has 2 aromatic carbocycles. The fourth-order valence-corrected chi connectivity index (χ4v) is 2.95. The van der Waals surface area contributed by atoms with Crippen molar-refractivity contribution in [2.75, 3.05) is 10.6 Å². The van der Waals surface area contributed by atoms with Crippen LogP contribution in [0.25, 0.3) is 0 Å². The monoisotopic (exact) mass is 458 g/mol. The van der Waals surface area contributed by atoms with Gasteiger partial charge in [-0.3, -0.25) is 9.59 Å². The molecule has 10 heteroatoms. The quantitative estimate of drug-likeness (QED) is 0.484. The third-order valence-electron chi connectivity index (χ3n) is 4.42. The number of carbonyl (C=O) groups is 2. The third-order valence-corrected chi connectivity index (χ3v) is 4.42. The summed E-state index contributed by atoms with van der Waals surface area (Å²) in [6.07, 6.45) is -2.62. The standard InChI is InChI=1S/C23H21F3N4O3/c1-2-5-20(31)30-19-13-22(28-14-27-19)33-17-10-8-16(9-11-17)29-21(32)12-15-6-3-4-7-18(15)23(24,25)26/h3-4,6-11,13-14H,2,5,12H2,1H3,(H,29,32)(H,27,28,30,31). The van der Waals surface area contributed by atoms with E-state index in [4.69, 9.17) is 4.74 Å². The minimum absolute atomic E-state index is 0.104. The Labute approximate surface area is 188 Å². The largest absolute Gasteiger partial charge is 0.439 e. The number of halogens is 3. The van der Waals surface area contributed by atoms with Crippen molar-refractivity contribution in [3.8, 4) is 11.6 Å². The average Bonchev–Trinajstić information content (AvgIpc) is 2.75. The molecule has 0 radical (unpaired) electrons. The minimum atomic E-state index is -4.53. The van der Waals surface area contributed by atoms with Gasteiger partial charge in [0.25, 0.3) is 0 Å². The van der Waals surface area contributed by atoms with E-state index in [9.17, 15) is 22.8 Å². The molecule has 0 aliphatic carbocycles. The van der Waals surface area contributed by atoms with E-state index < -0.39 is 24.1 Å². The summed E-state index contributed by atoms with van der Waals surface area (Å²) in [5, 5.41) is 5.21. The number of amides is 2. The van der Waals surface area contributed by atoms with Crippen molar-refractivity contribution in [1.82, 2.24) is 9.97 Å². The molecule has 0 saturated heterocycles. The Morgan fingerprint density at radius 1 is 0.970 bits per heavy atom. The molecular formula is C23H21F3N4O3. The van der Waals surface area contributed by atoms with Crippen molar-refractivity contribution in [3.05, 3.63) is 72.1 Å². The maximum Gasteiger partial charge on any atom is 0.416 e. The molecule has 0 aliphatic rings. The first-order chi connectivity index (χ1) is 15.7. The van der Waals surface area contributed by atoms with Gasteiger partial charge in [-0.25, -0.2) is 9.97 Å². The van der Waals surface area contributed by atoms with Gasteiger partial charge >= 0.3 is 6.18 Å². The highest BCUT2D eigenvalue weighted by Gasteiger charge is 2.33. The second-order valence-corrected chi connectivity index (χ2v) is 7.05. The molecule has 0 aliphatic heterocycles. The summed E-state index contributed by atoms with van der Waals surface area (Å²) in [6, 6.07) is 12.7. The maximum absolute atomic E-state index is 13.1. The number of anilines is 2. The lowest BCUT2D eigenvalue weighted by Crippen LogP contribution is -2.17. The summed E-state index contributed by atoms with van der Waals surface area (Å²) in [5.41, 5.74) is -0.543. The predicted molar refractivity (Wildman–Crippen MR) is 116 cm³/mol. The fraction of sp³-hybridized carbons (Fsp3) is 0.217. The zero-order chi connectivity index (χ0) is 23.8. The number of nitrogens with zero attached hydrogens (tertiary/aromatic N) is 2. The van der Waals surface area contributed by atoms with Crippen molar-refractivity contribution in [1.29, 1.82) is 0 Å². The van der Waals surface area contributed by atoms with Crippen LogP contribution in [-0.4, -0.2) is 21.8 Å². The summed E-state index contributed by atoms with van der Waals surface area (Å²) in [7, 11) is 0. The van der Waals surface area contributed by atoms with Crippen LogP contribution in [0.4, 0.5) is 24.7 Å². The number of hydrogen-bond donors (Lipinski definition) is 2. The Bertz CT molecular complexity index is 1120. The van der Waals surface area contributed by atoms with E-state index in [0.29, 0.717) is 30.1 Å². The van der Waals surface area contributed by atoms with Gasteiger partial charge in [0.05, 0.1) is 12.0 Å². The highest BCUT2D eigenvalue weighted by Crippen LogP contribution is 2.32. The molecule has 2 N–H and O–H groups in total.